The van der Waals surface area contributed by atoms with Crippen molar-refractivity contribution in [3.8, 4) is 0 Å². The van der Waals surface area contributed by atoms with Crippen LogP contribution in [-0.2, 0) is 21.9 Å². The molecule has 1 aliphatic rings. The summed E-state index contributed by atoms with van der Waals surface area (Å²) >= 11 is 0. The van der Waals surface area contributed by atoms with Crippen molar-refractivity contribution in [2.24, 2.45) is 7.05 Å². The van der Waals surface area contributed by atoms with E-state index < -0.39 is 21.8 Å². The molecule has 3 heterocycles. The third kappa shape index (κ3) is 3.15. The molecule has 1 amide bonds. The smallest absolute Gasteiger partial charge is 0.306 e. The Balaban J connectivity index is 1.60. The SMILES string of the molecule is Cn1nccc1N1CCC[C@@H](NS(=O)(=O)c2ccc3[nH]c(=O)[nH]c3c2)C1=O. The molecule has 0 bridgehead atoms. The van der Waals surface area contributed by atoms with Crippen LogP contribution in [0.3, 0.4) is 0 Å². The predicted molar refractivity (Wildman–Crippen MR) is 97.8 cm³/mol. The van der Waals surface area contributed by atoms with Crippen LogP contribution in [0.25, 0.3) is 11.0 Å². The minimum atomic E-state index is -3.93. The monoisotopic (exact) mass is 390 g/mol. The summed E-state index contributed by atoms with van der Waals surface area (Å²) in [5, 5.41) is 4.06. The molecule has 27 heavy (non-hydrogen) atoms. The van der Waals surface area contributed by atoms with E-state index in [-0.39, 0.29) is 10.8 Å². The summed E-state index contributed by atoms with van der Waals surface area (Å²) in [5.41, 5.74) is 0.478. The molecule has 3 N–H and O–H groups in total. The van der Waals surface area contributed by atoms with Gasteiger partial charge in [0, 0.05) is 19.7 Å². The minimum absolute atomic E-state index is 0.0179. The Hall–Kier alpha value is -2.92. The third-order valence-corrected chi connectivity index (χ3v) is 6.07. The van der Waals surface area contributed by atoms with Crippen LogP contribution >= 0.6 is 0 Å². The predicted octanol–water partition coefficient (Wildman–Crippen LogP) is 0.0636. The van der Waals surface area contributed by atoms with Gasteiger partial charge in [-0.05, 0) is 31.0 Å². The quantitative estimate of drug-likeness (QED) is 0.579. The first-order valence-corrected chi connectivity index (χ1v) is 9.87. The van der Waals surface area contributed by atoms with E-state index in [4.69, 9.17) is 0 Å². The van der Waals surface area contributed by atoms with Crippen LogP contribution in [0.2, 0.25) is 0 Å². The van der Waals surface area contributed by atoms with Crippen molar-refractivity contribution < 1.29 is 13.2 Å². The molecule has 10 nitrogen and oxygen atoms in total. The Bertz CT molecular complexity index is 1170. The van der Waals surface area contributed by atoms with Gasteiger partial charge in [-0.3, -0.25) is 14.4 Å². The normalized spacial score (nSPS) is 18.3. The number of sulfonamides is 1. The number of anilines is 1. The summed E-state index contributed by atoms with van der Waals surface area (Å²) in [6.45, 7) is 0.507. The maximum atomic E-state index is 12.8. The summed E-state index contributed by atoms with van der Waals surface area (Å²) in [7, 11) is -2.21. The number of fused-ring (bicyclic) bond motifs is 1. The molecule has 1 atom stereocenters. The number of imidazole rings is 1. The lowest BCUT2D eigenvalue weighted by atomic mass is 10.1. The van der Waals surface area contributed by atoms with Crippen LogP contribution < -0.4 is 15.3 Å². The van der Waals surface area contributed by atoms with Crippen molar-refractivity contribution in [3.05, 3.63) is 40.9 Å². The second-order valence-corrected chi connectivity index (χ2v) is 8.12. The number of piperidine rings is 1. The molecule has 0 unspecified atom stereocenters. The van der Waals surface area contributed by atoms with E-state index in [1.54, 1.807) is 24.0 Å². The van der Waals surface area contributed by atoms with E-state index in [0.29, 0.717) is 36.2 Å². The van der Waals surface area contributed by atoms with Crippen molar-refractivity contribution in [2.45, 2.75) is 23.8 Å². The zero-order valence-corrected chi connectivity index (χ0v) is 15.3. The van der Waals surface area contributed by atoms with Gasteiger partial charge in [0.15, 0.2) is 0 Å². The van der Waals surface area contributed by atoms with Gasteiger partial charge in [0.1, 0.15) is 11.9 Å². The van der Waals surface area contributed by atoms with Gasteiger partial charge in [0.05, 0.1) is 22.1 Å². The summed E-state index contributed by atoms with van der Waals surface area (Å²) < 4.78 is 29.6. The van der Waals surface area contributed by atoms with E-state index in [1.165, 1.54) is 23.1 Å². The Morgan fingerprint density at radius 2 is 1.96 bits per heavy atom. The van der Waals surface area contributed by atoms with Crippen LogP contribution in [0, 0.1) is 0 Å². The highest BCUT2D eigenvalue weighted by atomic mass is 32.2. The molecule has 0 spiro atoms. The Labute approximate surface area is 154 Å². The molecule has 1 aliphatic heterocycles. The number of carbonyl (C=O) groups excluding carboxylic acids is 1. The fraction of sp³-hybridized carbons (Fsp3) is 0.312. The first-order chi connectivity index (χ1) is 12.8. The fourth-order valence-corrected chi connectivity index (χ4v) is 4.53. The molecule has 3 aromatic rings. The number of nitrogens with zero attached hydrogens (tertiary/aromatic N) is 3. The second-order valence-electron chi connectivity index (χ2n) is 6.41. The number of H-pyrrole nitrogens is 2. The van der Waals surface area contributed by atoms with Crippen LogP contribution in [-0.4, -0.2) is 46.7 Å². The third-order valence-electron chi connectivity index (χ3n) is 4.61. The zero-order chi connectivity index (χ0) is 19.2. The largest absolute Gasteiger partial charge is 0.323 e. The average Bonchev–Trinajstić information content (AvgIpc) is 3.20. The highest BCUT2D eigenvalue weighted by Gasteiger charge is 2.34. The molecule has 0 aliphatic carbocycles. The standard InChI is InChI=1S/C16H18N6O4S/c1-21-14(6-7-17-21)22-8-2-3-12(15(22)23)20-27(25,26)10-4-5-11-13(9-10)19-16(24)18-11/h4-7,9,12,20H,2-3,8H2,1H3,(H2,18,19,24)/t12-/m1/s1. The lowest BCUT2D eigenvalue weighted by Gasteiger charge is -2.32. The van der Waals surface area contributed by atoms with Gasteiger partial charge >= 0.3 is 5.69 Å². The number of carbonyl (C=O) groups is 1. The number of hydrogen-bond acceptors (Lipinski definition) is 5. The highest BCUT2D eigenvalue weighted by molar-refractivity contribution is 7.89. The summed E-state index contributed by atoms with van der Waals surface area (Å²) in [6.07, 6.45) is 2.66. The number of aryl methyl sites for hydroxylation is 1. The van der Waals surface area contributed by atoms with Gasteiger partial charge in [-0.15, -0.1) is 0 Å². The molecule has 4 rings (SSSR count). The van der Waals surface area contributed by atoms with Crippen molar-refractivity contribution in [1.82, 2.24) is 24.5 Å². The highest BCUT2D eigenvalue weighted by Crippen LogP contribution is 2.22. The summed E-state index contributed by atoms with van der Waals surface area (Å²) in [4.78, 5) is 30.8. The van der Waals surface area contributed by atoms with Gasteiger partial charge in [0.25, 0.3) is 0 Å². The molecule has 1 aromatic carbocycles. The second kappa shape index (κ2) is 6.35. The van der Waals surface area contributed by atoms with Gasteiger partial charge in [-0.25, -0.2) is 13.2 Å². The molecule has 2 aromatic heterocycles. The molecular weight excluding hydrogens is 372 g/mol. The van der Waals surface area contributed by atoms with Crippen molar-refractivity contribution in [2.75, 3.05) is 11.4 Å². The van der Waals surface area contributed by atoms with Gasteiger partial charge < -0.3 is 9.97 Å². The van der Waals surface area contributed by atoms with Gasteiger partial charge in [0.2, 0.25) is 15.9 Å². The number of rotatable bonds is 4. The summed E-state index contributed by atoms with van der Waals surface area (Å²) in [6, 6.07) is 5.11. The topological polar surface area (TPSA) is 133 Å². The molecule has 11 heteroatoms. The molecule has 1 saturated heterocycles. The molecule has 142 valence electrons. The molecule has 1 fully saturated rings. The Morgan fingerprint density at radius 1 is 1.19 bits per heavy atom. The fourth-order valence-electron chi connectivity index (χ4n) is 3.28. The number of hydrogen-bond donors (Lipinski definition) is 3. The maximum absolute atomic E-state index is 12.8. The van der Waals surface area contributed by atoms with Crippen LogP contribution in [0.5, 0.6) is 0 Å². The van der Waals surface area contributed by atoms with Crippen LogP contribution in [0.15, 0.2) is 40.2 Å². The molecule has 0 saturated carbocycles. The lowest BCUT2D eigenvalue weighted by Crippen LogP contribution is -2.52. The zero-order valence-electron chi connectivity index (χ0n) is 14.5. The van der Waals surface area contributed by atoms with Crippen molar-refractivity contribution in [3.63, 3.8) is 0 Å². The van der Waals surface area contributed by atoms with E-state index in [1.807, 2.05) is 0 Å². The van der Waals surface area contributed by atoms with E-state index in [9.17, 15) is 18.0 Å². The average molecular weight is 390 g/mol. The lowest BCUT2D eigenvalue weighted by molar-refractivity contribution is -0.121. The number of amides is 1. The van der Waals surface area contributed by atoms with Gasteiger partial charge in [-0.2, -0.15) is 9.82 Å². The number of aromatic amines is 2. The number of aromatic nitrogens is 4. The molecular formula is C16H18N6O4S. The summed E-state index contributed by atoms with van der Waals surface area (Å²) in [5.74, 6) is 0.305. The van der Waals surface area contributed by atoms with E-state index in [2.05, 4.69) is 19.8 Å². The molecule has 0 radical (unpaired) electrons. The van der Waals surface area contributed by atoms with Crippen molar-refractivity contribution >= 4 is 32.8 Å². The Kier molecular flexibility index (Phi) is 4.12. The van der Waals surface area contributed by atoms with Crippen LogP contribution in [0.1, 0.15) is 12.8 Å². The minimum Gasteiger partial charge on any atom is -0.306 e. The van der Waals surface area contributed by atoms with Crippen molar-refractivity contribution in [1.29, 1.82) is 0 Å². The van der Waals surface area contributed by atoms with E-state index in [0.717, 1.165) is 0 Å². The maximum Gasteiger partial charge on any atom is 0.323 e. The number of benzene rings is 1. The van der Waals surface area contributed by atoms with Gasteiger partial charge in [-0.1, -0.05) is 0 Å². The van der Waals surface area contributed by atoms with E-state index >= 15 is 0 Å². The first-order valence-electron chi connectivity index (χ1n) is 8.39. The first kappa shape index (κ1) is 17.5. The number of nitrogens with one attached hydrogen (secondary N) is 3. The van der Waals surface area contributed by atoms with Crippen LogP contribution in [0.4, 0.5) is 5.82 Å². The Morgan fingerprint density at radius 3 is 2.70 bits per heavy atom.